The Morgan fingerprint density at radius 1 is 1.14 bits per heavy atom. The molecule has 5 atom stereocenters. The predicted octanol–water partition coefficient (Wildman–Crippen LogP) is 0.687. The molecule has 0 radical (unpaired) electrons. The zero-order valence-corrected chi connectivity index (χ0v) is 16.4. The number of benzene rings is 1. The van der Waals surface area contributed by atoms with Gasteiger partial charge < -0.3 is 29.5 Å². The maximum atomic E-state index is 13.2. The third kappa shape index (κ3) is 1.89. The average Bonchev–Trinajstić information content (AvgIpc) is 2.84. The van der Waals surface area contributed by atoms with E-state index in [-0.39, 0.29) is 16.9 Å². The van der Waals surface area contributed by atoms with Crippen LogP contribution in [0.2, 0.25) is 0 Å². The lowest BCUT2D eigenvalue weighted by atomic mass is 9.54. The Morgan fingerprint density at radius 2 is 1.76 bits per heavy atom. The number of allylic oxidation sites excluding steroid dienone is 1. The second-order valence-electron chi connectivity index (χ2n) is 7.50. The zero-order valence-electron chi connectivity index (χ0n) is 16.4. The van der Waals surface area contributed by atoms with Crippen LogP contribution in [0.3, 0.4) is 0 Å². The number of fused-ring (bicyclic) bond motifs is 2. The Kier molecular flexibility index (Phi) is 4.00. The molecular weight excluding hydrogens is 380 g/mol. The van der Waals surface area contributed by atoms with E-state index in [4.69, 9.17) is 14.2 Å². The smallest absolute Gasteiger partial charge is 0.343 e. The fourth-order valence-corrected chi connectivity index (χ4v) is 4.93. The Morgan fingerprint density at radius 3 is 2.34 bits per heavy atom. The highest BCUT2D eigenvalue weighted by molar-refractivity contribution is 6.13. The quantitative estimate of drug-likeness (QED) is 0.499. The lowest BCUT2D eigenvalue weighted by Gasteiger charge is -2.52. The van der Waals surface area contributed by atoms with Gasteiger partial charge in [0.1, 0.15) is 17.6 Å². The van der Waals surface area contributed by atoms with Crippen molar-refractivity contribution in [2.75, 3.05) is 14.2 Å². The number of Topliss-reactive ketones (excluding diaryl/α,β-unsaturated/α-hetero) is 1. The first-order valence-electron chi connectivity index (χ1n) is 9.17. The number of aliphatic hydroxyl groups is 3. The number of carbonyl (C=O) groups excluding carboxylic acids is 2. The minimum Gasteiger partial charge on any atom is -0.496 e. The van der Waals surface area contributed by atoms with Crippen molar-refractivity contribution in [3.8, 4) is 11.5 Å². The summed E-state index contributed by atoms with van der Waals surface area (Å²) in [5.41, 5.74) is -6.75. The minimum atomic E-state index is -2.56. The molecule has 0 amide bonds. The molecule has 3 aliphatic rings. The van der Waals surface area contributed by atoms with Crippen molar-refractivity contribution in [2.45, 2.75) is 36.8 Å². The lowest BCUT2D eigenvalue weighted by molar-refractivity contribution is -0.195. The van der Waals surface area contributed by atoms with Gasteiger partial charge in [-0.05, 0) is 31.2 Å². The molecule has 1 saturated carbocycles. The van der Waals surface area contributed by atoms with Gasteiger partial charge in [-0.2, -0.15) is 0 Å². The molecule has 2 fully saturated rings. The number of ether oxygens (including phenoxy) is 3. The molecule has 4 rings (SSSR count). The van der Waals surface area contributed by atoms with Crippen molar-refractivity contribution in [3.63, 3.8) is 0 Å². The number of aliphatic hydroxyl groups excluding tert-OH is 1. The van der Waals surface area contributed by atoms with Gasteiger partial charge >= 0.3 is 5.97 Å². The molecular formula is C21H22O8. The van der Waals surface area contributed by atoms with Gasteiger partial charge in [0.15, 0.2) is 11.4 Å². The van der Waals surface area contributed by atoms with E-state index in [1.54, 1.807) is 19.1 Å². The van der Waals surface area contributed by atoms with Gasteiger partial charge in [0.05, 0.1) is 20.1 Å². The average molecular weight is 402 g/mol. The van der Waals surface area contributed by atoms with Gasteiger partial charge in [-0.25, -0.2) is 4.79 Å². The highest BCUT2D eigenvalue weighted by Gasteiger charge is 2.84. The van der Waals surface area contributed by atoms with E-state index in [0.29, 0.717) is 11.3 Å². The number of carbonyl (C=O) groups is 2. The molecule has 1 saturated heterocycles. The van der Waals surface area contributed by atoms with Crippen molar-refractivity contribution in [2.24, 2.45) is 5.92 Å². The summed E-state index contributed by atoms with van der Waals surface area (Å²) in [6.45, 7) is 2.93. The zero-order chi connectivity index (χ0) is 21.4. The Balaban J connectivity index is 2.15. The third-order valence-corrected chi connectivity index (χ3v) is 6.40. The first-order valence-corrected chi connectivity index (χ1v) is 9.17. The highest BCUT2D eigenvalue weighted by atomic mass is 16.6. The standard InChI is InChI=1S/C21H22O8/c1-5-8-19(25)20(26)10(2)16(22)12-9-11-13(27-3)6-7-14(28-4)15(11)17(23)21(12,19)29-18(20)24/h5-10,17,23,25-26H,1-4H3/b8-5-/t10?,17-,19-,20-,21-/m0/s1. The van der Waals surface area contributed by atoms with Crippen molar-refractivity contribution in [1.82, 2.24) is 0 Å². The van der Waals surface area contributed by atoms with Crippen LogP contribution in [0.1, 0.15) is 31.1 Å². The van der Waals surface area contributed by atoms with Crippen molar-refractivity contribution >= 4 is 17.8 Å². The van der Waals surface area contributed by atoms with Crippen LogP contribution < -0.4 is 9.47 Å². The summed E-state index contributed by atoms with van der Waals surface area (Å²) >= 11 is 0. The monoisotopic (exact) mass is 402 g/mol. The van der Waals surface area contributed by atoms with Gasteiger partial charge in [0.2, 0.25) is 11.2 Å². The fourth-order valence-electron chi connectivity index (χ4n) is 4.93. The molecule has 8 nitrogen and oxygen atoms in total. The van der Waals surface area contributed by atoms with E-state index in [1.807, 2.05) is 0 Å². The Labute approximate surface area is 167 Å². The molecule has 1 spiro atoms. The Hall–Kier alpha value is -2.68. The Bertz CT molecular complexity index is 995. The first-order chi connectivity index (χ1) is 13.7. The highest BCUT2D eigenvalue weighted by Crippen LogP contribution is 2.64. The second-order valence-corrected chi connectivity index (χ2v) is 7.50. The molecule has 1 aliphatic heterocycles. The van der Waals surface area contributed by atoms with Crippen LogP contribution in [0, 0.1) is 5.92 Å². The molecule has 29 heavy (non-hydrogen) atoms. The van der Waals surface area contributed by atoms with Gasteiger partial charge in [-0.15, -0.1) is 0 Å². The maximum absolute atomic E-state index is 13.2. The number of ketones is 1. The summed E-state index contributed by atoms with van der Waals surface area (Å²) in [5, 5.41) is 34.3. The van der Waals surface area contributed by atoms with Gasteiger partial charge in [0.25, 0.3) is 0 Å². The number of hydrogen-bond acceptors (Lipinski definition) is 8. The van der Waals surface area contributed by atoms with Crippen molar-refractivity contribution in [1.29, 1.82) is 0 Å². The summed E-state index contributed by atoms with van der Waals surface area (Å²) in [4.78, 5) is 26.0. The van der Waals surface area contributed by atoms with E-state index in [9.17, 15) is 24.9 Å². The van der Waals surface area contributed by atoms with E-state index < -0.39 is 40.6 Å². The van der Waals surface area contributed by atoms with E-state index in [2.05, 4.69) is 0 Å². The topological polar surface area (TPSA) is 123 Å². The molecule has 8 heteroatoms. The first kappa shape index (κ1) is 19.6. The minimum absolute atomic E-state index is 0.118. The largest absolute Gasteiger partial charge is 0.496 e. The third-order valence-electron chi connectivity index (χ3n) is 6.40. The number of rotatable bonds is 3. The second kappa shape index (κ2) is 5.91. The number of esters is 1. The van der Waals surface area contributed by atoms with Crippen molar-refractivity contribution in [3.05, 3.63) is 41.0 Å². The summed E-state index contributed by atoms with van der Waals surface area (Å²) < 4.78 is 16.2. The summed E-state index contributed by atoms with van der Waals surface area (Å²) in [7, 11) is 2.84. The van der Waals surface area contributed by atoms with Crippen molar-refractivity contribution < 1.29 is 39.1 Å². The molecule has 1 heterocycles. The molecule has 2 bridgehead atoms. The number of methoxy groups -OCH3 is 2. The van der Waals surface area contributed by atoms with Crippen LogP contribution in [-0.4, -0.2) is 58.1 Å². The van der Waals surface area contributed by atoms with Crippen LogP contribution >= 0.6 is 0 Å². The van der Waals surface area contributed by atoms with E-state index >= 15 is 0 Å². The summed E-state index contributed by atoms with van der Waals surface area (Å²) in [6.07, 6.45) is 2.34. The van der Waals surface area contributed by atoms with Gasteiger partial charge in [-0.3, -0.25) is 4.79 Å². The van der Waals surface area contributed by atoms with Gasteiger partial charge in [0, 0.05) is 16.7 Å². The van der Waals surface area contributed by atoms with E-state index in [1.165, 1.54) is 39.4 Å². The van der Waals surface area contributed by atoms with E-state index in [0.717, 1.165) is 0 Å². The van der Waals surface area contributed by atoms with Gasteiger partial charge in [-0.1, -0.05) is 13.0 Å². The molecule has 0 aromatic heterocycles. The summed E-state index contributed by atoms with van der Waals surface area (Å²) in [6, 6.07) is 3.17. The fraction of sp³-hybridized carbons (Fsp3) is 0.429. The van der Waals surface area contributed by atoms with Crippen LogP contribution in [0.4, 0.5) is 0 Å². The predicted molar refractivity (Wildman–Crippen MR) is 100 cm³/mol. The van der Waals surface area contributed by atoms with Crippen LogP contribution in [0.5, 0.6) is 11.5 Å². The van der Waals surface area contributed by atoms with Crippen LogP contribution in [0.25, 0.3) is 6.08 Å². The lowest BCUT2D eigenvalue weighted by Crippen LogP contribution is -2.72. The molecule has 1 aromatic carbocycles. The molecule has 1 aromatic rings. The maximum Gasteiger partial charge on any atom is 0.343 e. The summed E-state index contributed by atoms with van der Waals surface area (Å²) in [5.74, 6) is -2.47. The molecule has 1 unspecified atom stereocenters. The molecule has 3 N–H and O–H groups in total. The normalized spacial score (nSPS) is 37.7. The molecule has 154 valence electrons. The number of hydrogen-bond donors (Lipinski definition) is 3. The van der Waals surface area contributed by atoms with Crippen LogP contribution in [-0.2, 0) is 14.3 Å². The SMILES string of the molecule is C/C=C\[C@]1(O)[C@@]2(O)C(=O)O[C@]13C(=Cc1c(OC)ccc(OC)c1[C@@H]3O)C(=O)C2C. The van der Waals surface area contributed by atoms with Crippen LogP contribution in [0.15, 0.2) is 29.9 Å². The molecule has 2 aliphatic carbocycles.